The van der Waals surface area contributed by atoms with Crippen LogP contribution in [0, 0.1) is 17.3 Å². The van der Waals surface area contributed by atoms with E-state index in [0.717, 1.165) is 21.9 Å². The second-order valence-corrected chi connectivity index (χ2v) is 10.5. The Morgan fingerprint density at radius 3 is 2.86 bits per heavy atom. The summed E-state index contributed by atoms with van der Waals surface area (Å²) in [5.74, 6) is 0.635. The number of amides is 1. The van der Waals surface area contributed by atoms with E-state index < -0.39 is 0 Å². The van der Waals surface area contributed by atoms with Crippen molar-refractivity contribution in [1.82, 2.24) is 10.3 Å². The molecule has 1 N–H and O–H groups in total. The first-order valence-electron chi connectivity index (χ1n) is 12.3. The minimum absolute atomic E-state index is 0.0132. The number of benzene rings is 1. The van der Waals surface area contributed by atoms with E-state index in [2.05, 4.69) is 47.6 Å². The molecule has 1 aliphatic heterocycles. The van der Waals surface area contributed by atoms with E-state index in [1.807, 2.05) is 18.3 Å². The number of hydrogen-bond acceptors (Lipinski definition) is 5. The van der Waals surface area contributed by atoms with Crippen LogP contribution in [0.3, 0.4) is 0 Å². The van der Waals surface area contributed by atoms with Gasteiger partial charge in [0.2, 0.25) is 5.91 Å². The topological polar surface area (TPSA) is 85.4 Å². The number of Topliss-reactive ketones (excluding diaryl/α,β-unsaturated/α-hetero) is 2. The quantitative estimate of drug-likeness (QED) is 0.731. The number of carbonyl (C=O) groups excluding carboxylic acids is 3. The van der Waals surface area contributed by atoms with E-state index >= 15 is 0 Å². The van der Waals surface area contributed by atoms with Gasteiger partial charge in [0.25, 0.3) is 0 Å². The molecule has 2 aromatic rings. The number of carbonyl (C=O) groups is 3. The summed E-state index contributed by atoms with van der Waals surface area (Å²) in [6.45, 7) is 4.10. The normalized spacial score (nSPS) is 31.4. The van der Waals surface area contributed by atoms with E-state index in [0.29, 0.717) is 37.1 Å². The maximum atomic E-state index is 13.5. The van der Waals surface area contributed by atoms with Crippen LogP contribution in [0.1, 0.15) is 44.6 Å². The Bertz CT molecular complexity index is 1370. The SMILES string of the molecule is CC(=O)NCC1CC(=O)C2=C(C1)O[C@@H]1C(=C2)C=C[C@]2(C)[C@@H](c3ccc4ccncc4c3)C(=O)C[C@@H]12. The molecule has 1 aromatic heterocycles. The van der Waals surface area contributed by atoms with E-state index in [1.165, 1.54) is 6.92 Å². The van der Waals surface area contributed by atoms with Crippen LogP contribution in [-0.4, -0.2) is 35.1 Å². The van der Waals surface area contributed by atoms with Gasteiger partial charge < -0.3 is 10.1 Å². The predicted molar refractivity (Wildman–Crippen MR) is 131 cm³/mol. The Balaban J connectivity index is 1.32. The summed E-state index contributed by atoms with van der Waals surface area (Å²) >= 11 is 0. The summed E-state index contributed by atoms with van der Waals surface area (Å²) in [5.41, 5.74) is 2.24. The highest BCUT2D eigenvalue weighted by molar-refractivity contribution is 6.00. The largest absolute Gasteiger partial charge is 0.489 e. The van der Waals surface area contributed by atoms with Gasteiger partial charge in [-0.15, -0.1) is 0 Å². The van der Waals surface area contributed by atoms with Gasteiger partial charge in [-0.2, -0.15) is 0 Å². The first-order valence-corrected chi connectivity index (χ1v) is 12.3. The molecule has 0 saturated heterocycles. The molecule has 0 spiro atoms. The first kappa shape index (κ1) is 22.0. The number of nitrogens with one attached hydrogen (secondary N) is 1. The lowest BCUT2D eigenvalue weighted by Gasteiger charge is -2.44. The standard InChI is InChI=1S/C29H28N2O4/c1-16(32)31-14-17-9-24(33)22-12-20-5-7-29(2)23(28(20)35-26(22)10-17)13-25(34)27(29)19-4-3-18-6-8-30-15-21(18)11-19/h3-8,11-12,15,17,23,27-28H,9-10,13-14H2,1-2H3,(H,31,32)/t17?,23-,27-,28+,29-/m0/s1. The molecule has 0 radical (unpaired) electrons. The third-order valence-electron chi connectivity index (χ3n) is 8.26. The molecule has 6 heteroatoms. The number of hydrogen-bond donors (Lipinski definition) is 1. The van der Waals surface area contributed by atoms with Crippen LogP contribution in [-0.2, 0) is 19.1 Å². The number of fused-ring (bicyclic) bond motifs is 4. The molecule has 2 heterocycles. The number of pyridine rings is 1. The number of ketones is 2. The van der Waals surface area contributed by atoms with Crippen molar-refractivity contribution in [3.05, 3.63) is 77.4 Å². The van der Waals surface area contributed by atoms with Crippen molar-refractivity contribution in [3.63, 3.8) is 0 Å². The van der Waals surface area contributed by atoms with Crippen molar-refractivity contribution in [2.45, 2.75) is 45.1 Å². The van der Waals surface area contributed by atoms with Gasteiger partial charge in [0.15, 0.2) is 5.78 Å². The number of ether oxygens (including phenoxy) is 1. The zero-order valence-electron chi connectivity index (χ0n) is 19.9. The molecule has 6 rings (SSSR count). The molecule has 1 unspecified atom stereocenters. The van der Waals surface area contributed by atoms with Crippen LogP contribution in [0.15, 0.2) is 71.8 Å². The molecule has 1 fully saturated rings. The van der Waals surface area contributed by atoms with E-state index in [4.69, 9.17) is 4.74 Å². The van der Waals surface area contributed by atoms with E-state index in [9.17, 15) is 14.4 Å². The number of nitrogens with zero attached hydrogens (tertiary/aromatic N) is 1. The highest BCUT2D eigenvalue weighted by atomic mass is 16.5. The van der Waals surface area contributed by atoms with Crippen molar-refractivity contribution in [2.24, 2.45) is 17.3 Å². The Kier molecular flexibility index (Phi) is 5.02. The summed E-state index contributed by atoms with van der Waals surface area (Å²) in [5, 5.41) is 4.96. The summed E-state index contributed by atoms with van der Waals surface area (Å²) < 4.78 is 6.55. The van der Waals surface area contributed by atoms with Crippen molar-refractivity contribution in [2.75, 3.05) is 6.54 Å². The van der Waals surface area contributed by atoms with Gasteiger partial charge in [0, 0.05) is 61.8 Å². The molecule has 178 valence electrons. The van der Waals surface area contributed by atoms with Gasteiger partial charge in [-0.05, 0) is 40.6 Å². The van der Waals surface area contributed by atoms with Gasteiger partial charge in [-0.25, -0.2) is 0 Å². The molecule has 1 aromatic carbocycles. The number of allylic oxidation sites excluding steroid dienone is 4. The fourth-order valence-corrected chi connectivity index (χ4v) is 6.48. The summed E-state index contributed by atoms with van der Waals surface area (Å²) in [6.07, 6.45) is 11.0. The van der Waals surface area contributed by atoms with Crippen LogP contribution in [0.4, 0.5) is 0 Å². The molecule has 35 heavy (non-hydrogen) atoms. The second kappa shape index (κ2) is 8.01. The molecular formula is C29H28N2O4. The molecule has 5 atom stereocenters. The van der Waals surface area contributed by atoms with Gasteiger partial charge in [-0.3, -0.25) is 19.4 Å². The van der Waals surface area contributed by atoms with Crippen molar-refractivity contribution in [3.8, 4) is 0 Å². The fraction of sp³-hybridized carbons (Fsp3) is 0.379. The third kappa shape index (κ3) is 3.54. The van der Waals surface area contributed by atoms with E-state index in [1.54, 1.807) is 6.20 Å². The summed E-state index contributed by atoms with van der Waals surface area (Å²) in [6, 6.07) is 8.19. The lowest BCUT2D eigenvalue weighted by molar-refractivity contribution is -0.120. The Labute approximate surface area is 204 Å². The van der Waals surface area contributed by atoms with Gasteiger partial charge in [0.1, 0.15) is 17.6 Å². The molecule has 6 nitrogen and oxygen atoms in total. The first-order chi connectivity index (χ1) is 16.8. The zero-order chi connectivity index (χ0) is 24.3. The van der Waals surface area contributed by atoms with Gasteiger partial charge >= 0.3 is 0 Å². The Morgan fingerprint density at radius 1 is 1.17 bits per heavy atom. The lowest BCUT2D eigenvalue weighted by atomic mass is 9.64. The van der Waals surface area contributed by atoms with Crippen LogP contribution in [0.2, 0.25) is 0 Å². The molecule has 1 saturated carbocycles. The van der Waals surface area contributed by atoms with Crippen LogP contribution in [0.5, 0.6) is 0 Å². The minimum Gasteiger partial charge on any atom is -0.489 e. The molecule has 0 bridgehead atoms. The highest BCUT2D eigenvalue weighted by Crippen LogP contribution is 2.58. The van der Waals surface area contributed by atoms with Crippen molar-refractivity contribution < 1.29 is 19.1 Å². The van der Waals surface area contributed by atoms with Crippen LogP contribution in [0.25, 0.3) is 10.8 Å². The smallest absolute Gasteiger partial charge is 0.216 e. The number of aromatic nitrogens is 1. The lowest BCUT2D eigenvalue weighted by Crippen LogP contribution is -2.42. The van der Waals surface area contributed by atoms with Crippen molar-refractivity contribution >= 4 is 28.2 Å². The monoisotopic (exact) mass is 468 g/mol. The molecule has 1 amide bonds. The van der Waals surface area contributed by atoms with Gasteiger partial charge in [0.05, 0.1) is 11.5 Å². The maximum absolute atomic E-state index is 13.5. The summed E-state index contributed by atoms with van der Waals surface area (Å²) in [4.78, 5) is 41.9. The van der Waals surface area contributed by atoms with Gasteiger partial charge in [-0.1, -0.05) is 31.2 Å². The molecule has 3 aliphatic carbocycles. The highest BCUT2D eigenvalue weighted by Gasteiger charge is 2.57. The zero-order valence-corrected chi connectivity index (χ0v) is 19.9. The Hall–Kier alpha value is -3.54. The average Bonchev–Trinajstić information content (AvgIpc) is 3.12. The minimum atomic E-state index is -0.388. The van der Waals surface area contributed by atoms with Crippen LogP contribution >= 0.6 is 0 Å². The number of rotatable bonds is 3. The fourth-order valence-electron chi connectivity index (χ4n) is 6.48. The van der Waals surface area contributed by atoms with Crippen molar-refractivity contribution in [1.29, 1.82) is 0 Å². The summed E-state index contributed by atoms with van der Waals surface area (Å²) in [7, 11) is 0. The maximum Gasteiger partial charge on any atom is 0.216 e. The average molecular weight is 469 g/mol. The molecular weight excluding hydrogens is 440 g/mol. The second-order valence-electron chi connectivity index (χ2n) is 10.5. The third-order valence-corrected chi connectivity index (χ3v) is 8.26. The Morgan fingerprint density at radius 2 is 2.03 bits per heavy atom. The van der Waals surface area contributed by atoms with E-state index in [-0.39, 0.29) is 46.7 Å². The van der Waals surface area contributed by atoms with Crippen LogP contribution < -0.4 is 5.32 Å². The predicted octanol–water partition coefficient (Wildman–Crippen LogP) is 4.18. The molecule has 4 aliphatic rings.